The van der Waals surface area contributed by atoms with Crippen LogP contribution in [0.3, 0.4) is 0 Å². The second kappa shape index (κ2) is 9.93. The van der Waals surface area contributed by atoms with Gasteiger partial charge in [0.15, 0.2) is 0 Å². The van der Waals surface area contributed by atoms with Crippen LogP contribution in [0.1, 0.15) is 46.9 Å². The second-order valence-electron chi connectivity index (χ2n) is 7.08. The molecular weight excluding hydrogens is 420 g/mol. The van der Waals surface area contributed by atoms with E-state index >= 15 is 0 Å². The van der Waals surface area contributed by atoms with Crippen molar-refractivity contribution >= 4 is 27.6 Å². The van der Waals surface area contributed by atoms with Crippen molar-refractivity contribution in [2.45, 2.75) is 31.1 Å². The molecule has 8 nitrogen and oxygen atoms in total. The highest BCUT2D eigenvalue weighted by Crippen LogP contribution is 2.30. The van der Waals surface area contributed by atoms with Gasteiger partial charge in [-0.15, -0.1) is 0 Å². The number of hydrogen-bond acceptors (Lipinski definition) is 6. The van der Waals surface area contributed by atoms with Crippen molar-refractivity contribution in [2.75, 3.05) is 32.1 Å². The predicted molar refractivity (Wildman–Crippen MR) is 116 cm³/mol. The molecule has 0 saturated carbocycles. The molecule has 3 rings (SSSR count). The van der Waals surface area contributed by atoms with Gasteiger partial charge in [0.1, 0.15) is 10.6 Å². The highest BCUT2D eigenvalue weighted by atomic mass is 32.2. The zero-order chi connectivity index (χ0) is 22.4. The molecule has 9 heteroatoms. The number of amides is 1. The normalized spacial score (nSPS) is 14.6. The smallest absolute Gasteiger partial charge is 0.338 e. The third kappa shape index (κ3) is 5.23. The van der Waals surface area contributed by atoms with Crippen molar-refractivity contribution in [3.63, 3.8) is 0 Å². The Morgan fingerprint density at radius 1 is 1.00 bits per heavy atom. The first-order chi connectivity index (χ1) is 14.9. The number of carbonyl (C=O) groups excluding carboxylic acids is 2. The van der Waals surface area contributed by atoms with Gasteiger partial charge in [0.25, 0.3) is 5.91 Å². The van der Waals surface area contributed by atoms with Crippen LogP contribution in [0.15, 0.2) is 47.4 Å². The van der Waals surface area contributed by atoms with Gasteiger partial charge in [-0.3, -0.25) is 4.79 Å². The fourth-order valence-corrected chi connectivity index (χ4v) is 5.07. The molecule has 1 amide bonds. The average Bonchev–Trinajstić information content (AvgIpc) is 2.79. The molecule has 1 aliphatic heterocycles. The zero-order valence-corrected chi connectivity index (χ0v) is 18.4. The molecule has 0 aliphatic carbocycles. The fourth-order valence-electron chi connectivity index (χ4n) is 3.37. The molecule has 0 radical (unpaired) electrons. The van der Waals surface area contributed by atoms with Gasteiger partial charge in [-0.25, -0.2) is 13.2 Å². The van der Waals surface area contributed by atoms with Crippen LogP contribution in [0.4, 0.5) is 5.69 Å². The average molecular weight is 447 g/mol. The van der Waals surface area contributed by atoms with Gasteiger partial charge in [0.2, 0.25) is 10.0 Å². The number of methoxy groups -OCH3 is 1. The summed E-state index contributed by atoms with van der Waals surface area (Å²) >= 11 is 0. The molecule has 0 aromatic heterocycles. The zero-order valence-electron chi connectivity index (χ0n) is 17.6. The van der Waals surface area contributed by atoms with Crippen molar-refractivity contribution in [3.8, 4) is 5.75 Å². The Bertz CT molecular complexity index is 1040. The predicted octanol–water partition coefficient (Wildman–Crippen LogP) is 3.30. The molecular formula is C22H26N2O6S. The minimum atomic E-state index is -3.78. The lowest BCUT2D eigenvalue weighted by atomic mass is 10.1. The Morgan fingerprint density at radius 2 is 1.65 bits per heavy atom. The van der Waals surface area contributed by atoms with Gasteiger partial charge in [-0.05, 0) is 62.2 Å². The number of esters is 1. The van der Waals surface area contributed by atoms with Crippen LogP contribution in [-0.4, -0.2) is 51.4 Å². The van der Waals surface area contributed by atoms with Gasteiger partial charge in [0.05, 0.1) is 19.3 Å². The summed E-state index contributed by atoms with van der Waals surface area (Å²) in [7, 11) is -2.38. The molecule has 2 aromatic rings. The fraction of sp³-hybridized carbons (Fsp3) is 0.364. The van der Waals surface area contributed by atoms with Gasteiger partial charge in [-0.1, -0.05) is 6.42 Å². The maximum atomic E-state index is 13.1. The topological polar surface area (TPSA) is 102 Å². The number of sulfonamides is 1. The summed E-state index contributed by atoms with van der Waals surface area (Å²) in [4.78, 5) is 24.5. The first-order valence-corrected chi connectivity index (χ1v) is 11.6. The third-order valence-electron chi connectivity index (χ3n) is 5.01. The number of benzene rings is 2. The largest absolute Gasteiger partial charge is 0.495 e. The summed E-state index contributed by atoms with van der Waals surface area (Å²) in [5.74, 6) is -0.717. The van der Waals surface area contributed by atoms with E-state index in [9.17, 15) is 18.0 Å². The summed E-state index contributed by atoms with van der Waals surface area (Å²) in [5.41, 5.74) is 1.03. The number of hydrogen-bond donors (Lipinski definition) is 1. The van der Waals surface area contributed by atoms with Crippen molar-refractivity contribution in [1.29, 1.82) is 0 Å². The number of carbonyl (C=O) groups is 2. The Kier molecular flexibility index (Phi) is 7.29. The van der Waals surface area contributed by atoms with Crippen LogP contribution in [0.2, 0.25) is 0 Å². The van der Waals surface area contributed by atoms with E-state index < -0.39 is 21.9 Å². The van der Waals surface area contributed by atoms with Gasteiger partial charge >= 0.3 is 5.97 Å². The highest BCUT2D eigenvalue weighted by Gasteiger charge is 2.29. The molecule has 166 valence electrons. The van der Waals surface area contributed by atoms with Crippen molar-refractivity contribution < 1.29 is 27.5 Å². The molecule has 1 aliphatic rings. The van der Waals surface area contributed by atoms with E-state index in [0.717, 1.165) is 19.3 Å². The second-order valence-corrected chi connectivity index (χ2v) is 8.99. The Morgan fingerprint density at radius 3 is 2.26 bits per heavy atom. The first-order valence-electron chi connectivity index (χ1n) is 10.1. The Labute approximate surface area is 182 Å². The summed E-state index contributed by atoms with van der Waals surface area (Å²) in [5, 5.41) is 2.71. The summed E-state index contributed by atoms with van der Waals surface area (Å²) in [6.07, 6.45) is 2.62. The van der Waals surface area contributed by atoms with Crippen LogP contribution >= 0.6 is 0 Å². The van der Waals surface area contributed by atoms with Crippen molar-refractivity contribution in [2.24, 2.45) is 0 Å². The number of rotatable bonds is 7. The minimum absolute atomic E-state index is 0.0257. The van der Waals surface area contributed by atoms with E-state index in [1.807, 2.05) is 0 Å². The molecule has 0 atom stereocenters. The summed E-state index contributed by atoms with van der Waals surface area (Å²) in [6.45, 7) is 2.90. The lowest BCUT2D eigenvalue weighted by Crippen LogP contribution is -2.35. The Balaban J connectivity index is 1.82. The molecule has 31 heavy (non-hydrogen) atoms. The molecule has 1 fully saturated rings. The number of nitrogens with zero attached hydrogens (tertiary/aromatic N) is 1. The van der Waals surface area contributed by atoms with Crippen molar-refractivity contribution in [3.05, 3.63) is 53.6 Å². The van der Waals surface area contributed by atoms with E-state index in [4.69, 9.17) is 9.47 Å². The van der Waals surface area contributed by atoms with E-state index in [-0.39, 0.29) is 22.8 Å². The third-order valence-corrected chi connectivity index (χ3v) is 6.93. The molecule has 0 bridgehead atoms. The maximum absolute atomic E-state index is 13.1. The minimum Gasteiger partial charge on any atom is -0.495 e. The summed E-state index contributed by atoms with van der Waals surface area (Å²) < 4.78 is 37.9. The molecule has 1 N–H and O–H groups in total. The molecule has 2 aromatic carbocycles. The van der Waals surface area contributed by atoms with Gasteiger partial charge < -0.3 is 14.8 Å². The number of anilines is 1. The van der Waals surface area contributed by atoms with E-state index in [2.05, 4.69) is 5.32 Å². The Hall–Kier alpha value is -2.91. The number of nitrogens with one attached hydrogen (secondary N) is 1. The van der Waals surface area contributed by atoms with Crippen molar-refractivity contribution in [1.82, 2.24) is 4.31 Å². The number of ether oxygens (including phenoxy) is 2. The molecule has 0 spiro atoms. The lowest BCUT2D eigenvalue weighted by Gasteiger charge is -2.26. The highest BCUT2D eigenvalue weighted by molar-refractivity contribution is 7.89. The molecule has 0 unspecified atom stereocenters. The van der Waals surface area contributed by atoms with E-state index in [0.29, 0.717) is 24.3 Å². The monoisotopic (exact) mass is 446 g/mol. The van der Waals surface area contributed by atoms with Crippen LogP contribution in [0, 0.1) is 0 Å². The van der Waals surface area contributed by atoms with E-state index in [1.165, 1.54) is 29.6 Å². The molecule has 1 heterocycles. The maximum Gasteiger partial charge on any atom is 0.338 e. The quantitative estimate of drug-likeness (QED) is 0.655. The SMILES string of the molecule is CCOC(=O)c1ccc(NC(=O)c2ccc(OC)c(S(=O)(=O)N3CCCCC3)c2)cc1. The van der Waals surface area contributed by atoms with Gasteiger partial charge in [0, 0.05) is 24.3 Å². The number of piperidine rings is 1. The van der Waals surface area contributed by atoms with E-state index in [1.54, 1.807) is 31.2 Å². The summed E-state index contributed by atoms with van der Waals surface area (Å²) in [6, 6.07) is 10.6. The lowest BCUT2D eigenvalue weighted by molar-refractivity contribution is 0.0526. The van der Waals surface area contributed by atoms with Gasteiger partial charge in [-0.2, -0.15) is 4.31 Å². The first kappa shape index (κ1) is 22.8. The standard InChI is InChI=1S/C22H26N2O6S/c1-3-30-22(26)16-7-10-18(11-8-16)23-21(25)17-9-12-19(29-2)20(15-17)31(27,28)24-13-5-4-6-14-24/h7-12,15H,3-6,13-14H2,1-2H3,(H,23,25). The van der Waals surface area contributed by atoms with Crippen LogP contribution < -0.4 is 10.1 Å². The van der Waals surface area contributed by atoms with Crippen LogP contribution in [0.25, 0.3) is 0 Å². The molecule has 1 saturated heterocycles. The van der Waals surface area contributed by atoms with Crippen LogP contribution in [-0.2, 0) is 14.8 Å². The van der Waals surface area contributed by atoms with Crippen LogP contribution in [0.5, 0.6) is 5.75 Å².